The van der Waals surface area contributed by atoms with Gasteiger partial charge in [-0.2, -0.15) is 11.8 Å². The van der Waals surface area contributed by atoms with Crippen molar-refractivity contribution in [2.24, 2.45) is 17.6 Å². The normalized spacial score (nSPS) is 15.3. The first-order valence-corrected chi connectivity index (χ1v) is 35.8. The van der Waals surface area contributed by atoms with Gasteiger partial charge in [-0.1, -0.05) is 45.9 Å². The molecule has 7 atom stereocenters. The van der Waals surface area contributed by atoms with Gasteiger partial charge in [-0.3, -0.25) is 91.5 Å². The Kier molecular flexibility index (Phi) is 38.1. The Balaban J connectivity index is 0.0000242. The van der Waals surface area contributed by atoms with Crippen LogP contribution in [0.25, 0.3) is 10.9 Å². The third kappa shape index (κ3) is 32.4. The molecule has 580 valence electrons. The summed E-state index contributed by atoms with van der Waals surface area (Å²) in [6.07, 6.45) is 5.19. The molecule has 0 bridgehead atoms. The predicted octanol–water partition coefficient (Wildman–Crippen LogP) is -3.53. The number of H-pyrrole nitrogens is 2. The molecule has 0 saturated carbocycles. The average Bonchev–Trinajstić information content (AvgIpc) is 1.68. The van der Waals surface area contributed by atoms with Crippen LogP contribution in [0.5, 0.6) is 0 Å². The minimum Gasteiger partial charge on any atom is -0.481 e. The number of carboxylic acid groups (broad SMARTS) is 4. The molecule has 3 heterocycles. The minimum absolute atomic E-state index is 0. The number of aromatic amines is 2. The SMILES string of the molecule is CSCC[C@H](NC(=O)[C@H](CC(C)C)NC(=O)[C@H](Cc1cnc[nH]1)NC(=O)CNC(=O)[C@@H](NC(=O)[C@H](C)NC(=O)[C@H](Cc1c[nH]c2ccccc12)NC(=O)[C@H](CCC(=O)O)NC(=O)c1ccc(NC(=O)CNC(=O)CN2CCN(CC(=O)O)CCN(CC(=O)O)CCN(CC(=O)O)CC2)cc1)C(C)C)C(N)=O.[68Ga+3]. The molecule has 5 rings (SSSR count). The molecule has 2 aromatic carbocycles. The van der Waals surface area contributed by atoms with E-state index in [9.17, 15) is 92.3 Å². The van der Waals surface area contributed by atoms with Crippen molar-refractivity contribution < 1.29 is 92.3 Å². The van der Waals surface area contributed by atoms with E-state index in [4.69, 9.17) is 5.73 Å². The molecule has 1 saturated heterocycles. The Labute approximate surface area is 634 Å². The standard InChI is InChI=1S/C68H98N18O19S.Ga/c1-39(2)27-50(66(103)78-48(61(69)98)17-26-106-6)80-67(104)52(29-45-31-70-38-74-45)77-54(88)33-73-68(105)60(40(3)4)82-62(99)41(5)75-65(102)51(28-43-30-71-47-10-8-7-9-46(43)47)81-64(101)49(15-16-56(90)91)79-63(100)42-11-13-44(14-12-42)76-53(87)32-72-55(89)34-83-18-20-84(35-57(92)93)22-24-86(37-59(96)97)25-23-85(21-19-83)36-58(94)95;/h7-14,30-31,38-41,48-52,60,71H,15-29,32-37H2,1-6H3,(H2,69,98)(H,70,74)(H,72,89)(H,73,105)(H,75,102)(H,76,87)(H,77,88)(H,78,103)(H,79,100)(H,80,104)(H,81,101)(H,82,99)(H,90,91)(H,92,93)(H,94,95)(H,96,97);/q;+3/t41-,48-,49-,50-,51-,52-,60-;/m0./s1/i;1-2. The molecule has 1 aliphatic rings. The van der Waals surface area contributed by atoms with Crippen molar-refractivity contribution in [2.45, 2.75) is 115 Å². The molecule has 0 aliphatic carbocycles. The first-order valence-electron chi connectivity index (χ1n) is 34.4. The summed E-state index contributed by atoms with van der Waals surface area (Å²) in [6.45, 7) is 6.92. The second-order valence-electron chi connectivity index (χ2n) is 26.3. The number of aliphatic carboxylic acids is 4. The van der Waals surface area contributed by atoms with E-state index in [0.717, 1.165) is 0 Å². The zero-order chi connectivity index (χ0) is 78.2. The zero-order valence-corrected chi connectivity index (χ0v) is 63.8. The van der Waals surface area contributed by atoms with Crippen LogP contribution < -0.4 is 58.9 Å². The van der Waals surface area contributed by atoms with E-state index in [1.54, 1.807) is 63.9 Å². The third-order valence-electron chi connectivity index (χ3n) is 16.9. The van der Waals surface area contributed by atoms with Crippen molar-refractivity contribution in [1.82, 2.24) is 82.4 Å². The number of aromatic nitrogens is 3. The number of fused-ring (bicyclic) bond motifs is 1. The van der Waals surface area contributed by atoms with Gasteiger partial charge in [-0.25, -0.2) is 4.98 Å². The van der Waals surface area contributed by atoms with Crippen LogP contribution in [0.3, 0.4) is 0 Å². The van der Waals surface area contributed by atoms with Gasteiger partial charge in [0, 0.05) is 112 Å². The quantitative estimate of drug-likeness (QED) is 0.0192. The van der Waals surface area contributed by atoms with Gasteiger partial charge in [0.15, 0.2) is 0 Å². The van der Waals surface area contributed by atoms with Gasteiger partial charge in [0.2, 0.25) is 59.1 Å². The monoisotopic (exact) mass is 1570 g/mol. The fourth-order valence-electron chi connectivity index (χ4n) is 11.2. The van der Waals surface area contributed by atoms with E-state index in [1.807, 2.05) is 20.1 Å². The molecule has 37 nitrogen and oxygen atoms in total. The van der Waals surface area contributed by atoms with E-state index in [1.165, 1.54) is 55.5 Å². The third-order valence-corrected chi connectivity index (χ3v) is 17.6. The van der Waals surface area contributed by atoms with Gasteiger partial charge in [-0.15, -0.1) is 0 Å². The van der Waals surface area contributed by atoms with Gasteiger partial charge in [0.05, 0.1) is 45.6 Å². The Bertz CT molecular complexity index is 3670. The number of imidazole rings is 1. The van der Waals surface area contributed by atoms with Crippen LogP contribution in [-0.4, -0.2) is 310 Å². The van der Waals surface area contributed by atoms with Crippen molar-refractivity contribution >= 4 is 137 Å². The van der Waals surface area contributed by atoms with Crippen molar-refractivity contribution in [2.75, 3.05) is 109 Å². The molecule has 0 radical (unpaired) electrons. The van der Waals surface area contributed by atoms with E-state index in [2.05, 4.69) is 68.1 Å². The Morgan fingerprint density at radius 3 is 1.59 bits per heavy atom. The molecule has 0 spiro atoms. The number of nitrogens with two attached hydrogens (primary N) is 1. The summed E-state index contributed by atoms with van der Waals surface area (Å²) in [6, 6.07) is 3.04. The predicted molar refractivity (Wildman–Crippen MR) is 392 cm³/mol. The number of thioether (sulfide) groups is 1. The number of nitrogens with zero attached hydrogens (tertiary/aromatic N) is 5. The number of amides is 11. The summed E-state index contributed by atoms with van der Waals surface area (Å²) in [5.41, 5.74) is 7.32. The number of hydrogen-bond acceptors (Lipinski definition) is 21. The number of anilines is 1. The number of nitrogens with one attached hydrogen (secondary N) is 12. The topological polar surface area (TPSA) is 541 Å². The fourth-order valence-corrected chi connectivity index (χ4v) is 11.7. The van der Waals surface area contributed by atoms with Crippen LogP contribution in [0.2, 0.25) is 0 Å². The van der Waals surface area contributed by atoms with Crippen molar-refractivity contribution in [3.63, 3.8) is 0 Å². The molecule has 11 amide bonds. The van der Waals surface area contributed by atoms with Crippen molar-refractivity contribution in [3.8, 4) is 0 Å². The largest absolute Gasteiger partial charge is 3.00 e. The molecular weight excluding hydrogens is 1470 g/mol. The Morgan fingerprint density at radius 1 is 0.533 bits per heavy atom. The summed E-state index contributed by atoms with van der Waals surface area (Å²) in [5, 5.41) is 64.7. The maximum Gasteiger partial charge on any atom is 3.00 e. The van der Waals surface area contributed by atoms with Gasteiger partial charge in [0.25, 0.3) is 5.91 Å². The van der Waals surface area contributed by atoms with Crippen molar-refractivity contribution in [3.05, 3.63) is 84.1 Å². The number of para-hydroxylation sites is 1. The zero-order valence-electron chi connectivity index (χ0n) is 60.6. The van der Waals surface area contributed by atoms with Crippen LogP contribution >= 0.6 is 11.8 Å². The van der Waals surface area contributed by atoms with E-state index in [0.29, 0.717) is 27.9 Å². The Hall–Kier alpha value is -9.93. The second-order valence-corrected chi connectivity index (χ2v) is 27.3. The molecule has 107 heavy (non-hydrogen) atoms. The van der Waals surface area contributed by atoms with Crippen LogP contribution in [0.1, 0.15) is 81.9 Å². The molecule has 2 aromatic heterocycles. The summed E-state index contributed by atoms with van der Waals surface area (Å²) < 4.78 is 0. The maximum atomic E-state index is 14.4. The van der Waals surface area contributed by atoms with Gasteiger partial charge < -0.3 is 89.3 Å². The number of hydrogen-bond donors (Lipinski definition) is 17. The minimum atomic E-state index is -1.58. The summed E-state index contributed by atoms with van der Waals surface area (Å²) in [5.74, 6) is -13.7. The van der Waals surface area contributed by atoms with Crippen LogP contribution in [0.15, 0.2) is 67.3 Å². The summed E-state index contributed by atoms with van der Waals surface area (Å²) in [4.78, 5) is 213. The first kappa shape index (κ1) is 89.5. The van der Waals surface area contributed by atoms with Crippen LogP contribution in [-0.2, 0) is 80.0 Å². The molecule has 1 fully saturated rings. The molecule has 4 aromatic rings. The van der Waals surface area contributed by atoms with Gasteiger partial charge >= 0.3 is 43.7 Å². The van der Waals surface area contributed by atoms with Gasteiger partial charge in [-0.05, 0) is 85.9 Å². The van der Waals surface area contributed by atoms with Crippen LogP contribution in [0.4, 0.5) is 5.69 Å². The molecular formula is C68H98GaN18O19S+3. The number of carbonyl (C=O) groups excluding carboxylic acids is 11. The fraction of sp³-hybridized carbons (Fsp3) is 0.529. The van der Waals surface area contributed by atoms with E-state index in [-0.39, 0.29) is 141 Å². The van der Waals surface area contributed by atoms with Gasteiger partial charge in [0.1, 0.15) is 42.3 Å². The number of primary amides is 1. The molecule has 1 aliphatic heterocycles. The van der Waals surface area contributed by atoms with Crippen molar-refractivity contribution in [1.29, 1.82) is 0 Å². The molecule has 0 unspecified atom stereocenters. The Morgan fingerprint density at radius 2 is 1.06 bits per heavy atom. The number of carbonyl (C=O) groups is 15. The van der Waals surface area contributed by atoms with E-state index < -0.39 is 163 Å². The van der Waals surface area contributed by atoms with E-state index >= 15 is 0 Å². The molecule has 39 heteroatoms. The number of carboxylic acids is 4. The average molecular weight is 1570 g/mol. The maximum absolute atomic E-state index is 14.4. The molecule has 18 N–H and O–H groups in total. The first-order chi connectivity index (χ1) is 50.3. The van der Waals surface area contributed by atoms with Crippen LogP contribution in [0, 0.1) is 11.8 Å². The smallest absolute Gasteiger partial charge is 0.481 e. The summed E-state index contributed by atoms with van der Waals surface area (Å²) >= 11 is 1.45. The summed E-state index contributed by atoms with van der Waals surface area (Å²) in [7, 11) is 0. The second kappa shape index (κ2) is 45.5. The number of benzene rings is 2. The number of rotatable bonds is 41.